The van der Waals surface area contributed by atoms with Gasteiger partial charge in [-0.05, 0) is 0 Å². The molecule has 0 spiro atoms. The van der Waals surface area contributed by atoms with Crippen LogP contribution in [-0.2, 0) is 9.53 Å². The van der Waals surface area contributed by atoms with E-state index < -0.39 is 5.97 Å². The van der Waals surface area contributed by atoms with E-state index in [-0.39, 0.29) is 19.1 Å². The van der Waals surface area contributed by atoms with Gasteiger partial charge in [0.05, 0.1) is 6.61 Å². The van der Waals surface area contributed by atoms with Crippen molar-refractivity contribution in [3.8, 4) is 0 Å². The molecule has 2 amide bonds. The molecule has 0 bridgehead atoms. The first-order chi connectivity index (χ1) is 8.61. The molecule has 0 atom stereocenters. The predicted molar refractivity (Wildman–Crippen MR) is 72.0 cm³/mol. The summed E-state index contributed by atoms with van der Waals surface area (Å²) >= 11 is 1.65. The van der Waals surface area contributed by atoms with Crippen LogP contribution in [0.15, 0.2) is 12.7 Å². The summed E-state index contributed by atoms with van der Waals surface area (Å²) in [5.74, 6) is 0.559. The van der Waals surface area contributed by atoms with Crippen LogP contribution in [-0.4, -0.2) is 66.9 Å². The molecule has 0 heterocycles. The number of carboxylic acid groups (broad SMARTS) is 1. The SMILES string of the molecule is C=CCSCCNC(=O)N(CCOC)CC(=O)O. The maximum Gasteiger partial charge on any atom is 0.323 e. The lowest BCUT2D eigenvalue weighted by atomic mass is 10.5. The molecular weight excluding hydrogens is 256 g/mol. The molecule has 6 nitrogen and oxygen atoms in total. The van der Waals surface area contributed by atoms with Gasteiger partial charge in [0.1, 0.15) is 6.54 Å². The number of hydrogen-bond donors (Lipinski definition) is 2. The number of nitrogens with zero attached hydrogens (tertiary/aromatic N) is 1. The topological polar surface area (TPSA) is 78.9 Å². The van der Waals surface area contributed by atoms with Crippen molar-refractivity contribution in [3.63, 3.8) is 0 Å². The van der Waals surface area contributed by atoms with Crippen LogP contribution in [0.1, 0.15) is 0 Å². The van der Waals surface area contributed by atoms with Crippen LogP contribution in [0.3, 0.4) is 0 Å². The Bertz CT molecular complexity index is 274. The van der Waals surface area contributed by atoms with E-state index in [1.807, 2.05) is 0 Å². The minimum atomic E-state index is -1.04. The van der Waals surface area contributed by atoms with Gasteiger partial charge in [-0.3, -0.25) is 4.79 Å². The maximum atomic E-state index is 11.7. The number of methoxy groups -OCH3 is 1. The van der Waals surface area contributed by atoms with Crippen molar-refractivity contribution in [3.05, 3.63) is 12.7 Å². The maximum absolute atomic E-state index is 11.7. The molecule has 0 radical (unpaired) electrons. The highest BCUT2D eigenvalue weighted by atomic mass is 32.2. The Hall–Kier alpha value is -1.21. The summed E-state index contributed by atoms with van der Waals surface area (Å²) in [6.45, 7) is 4.34. The van der Waals surface area contributed by atoms with Crippen molar-refractivity contribution < 1.29 is 19.4 Å². The van der Waals surface area contributed by atoms with Gasteiger partial charge >= 0.3 is 12.0 Å². The highest BCUT2D eigenvalue weighted by Gasteiger charge is 2.15. The van der Waals surface area contributed by atoms with Crippen molar-refractivity contribution in [2.24, 2.45) is 0 Å². The third-order valence-electron chi connectivity index (χ3n) is 1.94. The molecule has 0 aliphatic heterocycles. The zero-order chi connectivity index (χ0) is 13.8. The number of hydrogen-bond acceptors (Lipinski definition) is 4. The average molecular weight is 276 g/mol. The summed E-state index contributed by atoms with van der Waals surface area (Å²) in [5.41, 5.74) is 0. The molecule has 0 rings (SSSR count). The molecule has 0 saturated heterocycles. The second kappa shape index (κ2) is 10.9. The Labute approximate surface area is 111 Å². The van der Waals surface area contributed by atoms with Gasteiger partial charge in [-0.2, -0.15) is 11.8 Å². The van der Waals surface area contributed by atoms with E-state index in [1.165, 1.54) is 12.0 Å². The van der Waals surface area contributed by atoms with Crippen molar-refractivity contribution in [2.75, 3.05) is 44.9 Å². The second-order valence-corrected chi connectivity index (χ2v) is 4.55. The average Bonchev–Trinajstić information content (AvgIpc) is 2.33. The van der Waals surface area contributed by atoms with Crippen LogP contribution in [0.5, 0.6) is 0 Å². The molecule has 104 valence electrons. The van der Waals surface area contributed by atoms with Gasteiger partial charge in [0, 0.05) is 31.7 Å². The number of thioether (sulfide) groups is 1. The summed E-state index contributed by atoms with van der Waals surface area (Å²) in [6, 6.07) is -0.381. The Balaban J connectivity index is 3.95. The summed E-state index contributed by atoms with van der Waals surface area (Å²) in [5, 5.41) is 11.4. The first kappa shape index (κ1) is 16.8. The van der Waals surface area contributed by atoms with Gasteiger partial charge in [-0.1, -0.05) is 6.08 Å². The number of aliphatic carboxylic acids is 1. The first-order valence-electron chi connectivity index (χ1n) is 5.54. The number of urea groups is 1. The fourth-order valence-electron chi connectivity index (χ4n) is 1.13. The molecule has 0 aliphatic rings. The Morgan fingerprint density at radius 2 is 2.28 bits per heavy atom. The molecule has 2 N–H and O–H groups in total. The minimum Gasteiger partial charge on any atom is -0.480 e. The van der Waals surface area contributed by atoms with Crippen LogP contribution in [0.4, 0.5) is 4.79 Å². The van der Waals surface area contributed by atoms with E-state index in [4.69, 9.17) is 9.84 Å². The Morgan fingerprint density at radius 3 is 2.83 bits per heavy atom. The van der Waals surface area contributed by atoms with E-state index in [2.05, 4.69) is 11.9 Å². The number of carboxylic acids is 1. The monoisotopic (exact) mass is 276 g/mol. The van der Waals surface area contributed by atoms with Crippen LogP contribution >= 0.6 is 11.8 Å². The van der Waals surface area contributed by atoms with Crippen molar-refractivity contribution in [1.29, 1.82) is 0 Å². The molecule has 7 heteroatoms. The molecule has 0 aliphatic carbocycles. The van der Waals surface area contributed by atoms with Crippen molar-refractivity contribution in [1.82, 2.24) is 10.2 Å². The second-order valence-electron chi connectivity index (χ2n) is 3.40. The largest absolute Gasteiger partial charge is 0.480 e. The van der Waals surface area contributed by atoms with Crippen LogP contribution in [0.25, 0.3) is 0 Å². The fraction of sp³-hybridized carbons (Fsp3) is 0.636. The molecule has 0 aromatic carbocycles. The lowest BCUT2D eigenvalue weighted by Crippen LogP contribution is -2.44. The molecule has 0 saturated carbocycles. The van der Waals surface area contributed by atoms with Gasteiger partial charge in [0.2, 0.25) is 0 Å². The van der Waals surface area contributed by atoms with E-state index in [0.29, 0.717) is 13.2 Å². The lowest BCUT2D eigenvalue weighted by molar-refractivity contribution is -0.137. The predicted octanol–water partition coefficient (Wildman–Crippen LogP) is 0.648. The summed E-state index contributed by atoms with van der Waals surface area (Å²) in [4.78, 5) is 23.5. The summed E-state index contributed by atoms with van der Waals surface area (Å²) in [6.07, 6.45) is 1.79. The third kappa shape index (κ3) is 8.89. The summed E-state index contributed by atoms with van der Waals surface area (Å²) < 4.78 is 4.83. The standard InChI is InChI=1S/C11H20N2O4S/c1-3-7-18-8-4-12-11(16)13(5-6-17-2)9-10(14)15/h3H,1,4-9H2,2H3,(H,12,16)(H,14,15). The van der Waals surface area contributed by atoms with E-state index in [1.54, 1.807) is 17.8 Å². The first-order valence-corrected chi connectivity index (χ1v) is 6.69. The van der Waals surface area contributed by atoms with Crippen molar-refractivity contribution >= 4 is 23.8 Å². The number of amides is 2. The number of carbonyl (C=O) groups is 2. The van der Waals surface area contributed by atoms with E-state index in [9.17, 15) is 9.59 Å². The number of ether oxygens (including phenoxy) is 1. The quantitative estimate of drug-likeness (QED) is 0.452. The highest BCUT2D eigenvalue weighted by molar-refractivity contribution is 7.99. The molecule has 0 aromatic heterocycles. The zero-order valence-corrected chi connectivity index (χ0v) is 11.4. The number of nitrogens with one attached hydrogen (secondary N) is 1. The van der Waals surface area contributed by atoms with Gasteiger partial charge in [0.15, 0.2) is 0 Å². The van der Waals surface area contributed by atoms with E-state index >= 15 is 0 Å². The number of rotatable bonds is 10. The van der Waals surface area contributed by atoms with Gasteiger partial charge < -0.3 is 20.1 Å². The van der Waals surface area contributed by atoms with Crippen LogP contribution < -0.4 is 5.32 Å². The molecule has 0 unspecified atom stereocenters. The van der Waals surface area contributed by atoms with E-state index in [0.717, 1.165) is 11.5 Å². The lowest BCUT2D eigenvalue weighted by Gasteiger charge is -2.20. The fourth-order valence-corrected chi connectivity index (χ4v) is 1.71. The third-order valence-corrected chi connectivity index (χ3v) is 2.90. The Kier molecular flexibility index (Phi) is 10.2. The molecular formula is C11H20N2O4S. The van der Waals surface area contributed by atoms with Crippen LogP contribution in [0, 0.1) is 0 Å². The smallest absolute Gasteiger partial charge is 0.323 e. The summed E-state index contributed by atoms with van der Waals surface area (Å²) in [7, 11) is 1.50. The molecule has 0 fully saturated rings. The van der Waals surface area contributed by atoms with Crippen LogP contribution in [0.2, 0.25) is 0 Å². The normalized spacial score (nSPS) is 9.83. The minimum absolute atomic E-state index is 0.258. The highest BCUT2D eigenvalue weighted by Crippen LogP contribution is 1.98. The molecule has 0 aromatic rings. The molecule has 18 heavy (non-hydrogen) atoms. The Morgan fingerprint density at radius 1 is 1.56 bits per heavy atom. The number of carbonyl (C=O) groups excluding carboxylic acids is 1. The van der Waals surface area contributed by atoms with Gasteiger partial charge in [0.25, 0.3) is 0 Å². The van der Waals surface area contributed by atoms with Gasteiger partial charge in [-0.25, -0.2) is 4.79 Å². The van der Waals surface area contributed by atoms with Gasteiger partial charge in [-0.15, -0.1) is 6.58 Å². The van der Waals surface area contributed by atoms with Crippen molar-refractivity contribution in [2.45, 2.75) is 0 Å². The zero-order valence-electron chi connectivity index (χ0n) is 10.6.